The molecule has 0 fully saturated rings. The van der Waals surface area contributed by atoms with Gasteiger partial charge in [0.25, 0.3) is 0 Å². The van der Waals surface area contributed by atoms with Crippen LogP contribution in [-0.2, 0) is 0 Å². The fourth-order valence-electron chi connectivity index (χ4n) is 1.65. The van der Waals surface area contributed by atoms with Gasteiger partial charge in [0.05, 0.1) is 5.56 Å². The Morgan fingerprint density at radius 1 is 0.857 bits per heavy atom. The van der Waals surface area contributed by atoms with Gasteiger partial charge in [0.1, 0.15) is 11.6 Å². The largest absolute Gasteiger partial charge is 0.203 e. The van der Waals surface area contributed by atoms with Gasteiger partial charge in [-0.25, -0.2) is 17.6 Å². The highest BCUT2D eigenvalue weighted by Gasteiger charge is 2.23. The minimum Gasteiger partial charge on any atom is -0.203 e. The molecule has 0 aliphatic heterocycles. The van der Waals surface area contributed by atoms with Crippen molar-refractivity contribution in [1.82, 2.24) is 0 Å². The van der Waals surface area contributed by atoms with Crippen molar-refractivity contribution < 1.29 is 17.6 Å². The van der Waals surface area contributed by atoms with Crippen LogP contribution in [0.5, 0.6) is 0 Å². The smallest absolute Gasteiger partial charge is 0.180 e. The predicted octanol–water partition coefficient (Wildman–Crippen LogP) is 5.05. The first-order valence-corrected chi connectivity index (χ1v) is 6.44. The number of hydrogen-bond acceptors (Lipinski definition) is 1. The molecule has 0 amide bonds. The van der Waals surface area contributed by atoms with Gasteiger partial charge in [0, 0.05) is 4.47 Å². The van der Waals surface area contributed by atoms with E-state index in [-0.39, 0.29) is 0 Å². The van der Waals surface area contributed by atoms with Crippen LogP contribution in [0.1, 0.15) is 16.7 Å². The number of nitrogens with zero attached hydrogens (tertiary/aromatic N) is 1. The summed E-state index contributed by atoms with van der Waals surface area (Å²) in [4.78, 5) is 0. The zero-order chi connectivity index (χ0) is 15.6. The molecule has 0 spiro atoms. The second kappa shape index (κ2) is 6.10. The fourth-order valence-corrected chi connectivity index (χ4v) is 1.91. The zero-order valence-electron chi connectivity index (χ0n) is 10.3. The first-order valence-electron chi connectivity index (χ1n) is 5.65. The molecule has 0 unspecified atom stereocenters. The van der Waals surface area contributed by atoms with E-state index < -0.39 is 34.4 Å². The van der Waals surface area contributed by atoms with Gasteiger partial charge in [0.2, 0.25) is 0 Å². The molecule has 0 bridgehead atoms. The standard InChI is InChI=1S/C15H6BrF4N/c16-9-4-1-8(2-5-9)3-6-10-12(17)14(19)11(7-21)15(20)13(10)18/h1-6H/b6-3+. The summed E-state index contributed by atoms with van der Waals surface area (Å²) >= 11 is 3.23. The van der Waals surface area contributed by atoms with Gasteiger partial charge in [-0.1, -0.05) is 34.1 Å². The van der Waals surface area contributed by atoms with Crippen LogP contribution in [0.4, 0.5) is 17.6 Å². The van der Waals surface area contributed by atoms with E-state index >= 15 is 0 Å². The van der Waals surface area contributed by atoms with E-state index in [1.54, 1.807) is 24.3 Å². The summed E-state index contributed by atoms with van der Waals surface area (Å²) < 4.78 is 55.0. The first-order chi connectivity index (χ1) is 9.95. The Hall–Kier alpha value is -2.13. The van der Waals surface area contributed by atoms with Crippen LogP contribution in [0.2, 0.25) is 0 Å². The lowest BCUT2D eigenvalue weighted by Gasteiger charge is -2.05. The molecule has 1 nitrogen and oxygen atoms in total. The second-order valence-corrected chi connectivity index (χ2v) is 4.96. The number of hydrogen-bond donors (Lipinski definition) is 0. The molecular weight excluding hydrogens is 350 g/mol. The van der Waals surface area contributed by atoms with Crippen LogP contribution < -0.4 is 0 Å². The number of rotatable bonds is 2. The van der Waals surface area contributed by atoms with Gasteiger partial charge in [-0.15, -0.1) is 0 Å². The van der Waals surface area contributed by atoms with Crippen LogP contribution in [0, 0.1) is 34.6 Å². The van der Waals surface area contributed by atoms with Crippen molar-refractivity contribution in [2.45, 2.75) is 0 Å². The van der Waals surface area contributed by atoms with Crippen molar-refractivity contribution in [3.05, 3.63) is 68.7 Å². The number of halogens is 5. The molecule has 6 heteroatoms. The quantitative estimate of drug-likeness (QED) is 0.420. The Kier molecular flexibility index (Phi) is 4.43. The van der Waals surface area contributed by atoms with Crippen LogP contribution >= 0.6 is 15.9 Å². The molecule has 0 saturated heterocycles. The average Bonchev–Trinajstić information content (AvgIpc) is 2.48. The minimum absolute atomic E-state index is 0.585. The molecule has 2 aromatic rings. The van der Waals surface area contributed by atoms with Crippen LogP contribution in [0.3, 0.4) is 0 Å². The van der Waals surface area contributed by atoms with E-state index in [2.05, 4.69) is 15.9 Å². The molecule has 0 saturated carbocycles. The molecule has 0 aromatic heterocycles. The molecule has 0 radical (unpaired) electrons. The second-order valence-electron chi connectivity index (χ2n) is 4.04. The molecule has 106 valence electrons. The summed E-state index contributed by atoms with van der Waals surface area (Å²) in [5.74, 6) is -6.60. The molecular formula is C15H6BrF4N. The van der Waals surface area contributed by atoms with Crippen molar-refractivity contribution in [2.75, 3.05) is 0 Å². The Morgan fingerprint density at radius 2 is 1.38 bits per heavy atom. The van der Waals surface area contributed by atoms with E-state index in [9.17, 15) is 17.6 Å². The summed E-state index contributed by atoms with van der Waals surface area (Å²) in [6.45, 7) is 0. The van der Waals surface area contributed by atoms with Crippen LogP contribution in [0.15, 0.2) is 28.7 Å². The summed E-state index contributed by atoms with van der Waals surface area (Å²) in [5.41, 5.74) is -1.56. The third kappa shape index (κ3) is 2.98. The Bertz CT molecular complexity index is 732. The molecule has 21 heavy (non-hydrogen) atoms. The normalized spacial score (nSPS) is 10.9. The SMILES string of the molecule is N#Cc1c(F)c(F)c(/C=C/c2ccc(Br)cc2)c(F)c1F. The molecule has 0 N–H and O–H groups in total. The third-order valence-electron chi connectivity index (χ3n) is 2.72. The number of benzene rings is 2. The molecule has 0 heterocycles. The maximum Gasteiger partial charge on any atom is 0.180 e. The summed E-state index contributed by atoms with van der Waals surface area (Å²) in [6.07, 6.45) is 2.22. The first kappa shape index (κ1) is 15.3. The van der Waals surface area contributed by atoms with Gasteiger partial charge >= 0.3 is 0 Å². The topological polar surface area (TPSA) is 23.8 Å². The fraction of sp³-hybridized carbons (Fsp3) is 0. The maximum absolute atomic E-state index is 13.7. The van der Waals surface area contributed by atoms with Crippen molar-refractivity contribution in [2.24, 2.45) is 0 Å². The van der Waals surface area contributed by atoms with E-state index in [1.807, 2.05) is 0 Å². The highest BCUT2D eigenvalue weighted by molar-refractivity contribution is 9.10. The van der Waals surface area contributed by atoms with Crippen LogP contribution in [0.25, 0.3) is 12.2 Å². The summed E-state index contributed by atoms with van der Waals surface area (Å²) in [5, 5.41) is 8.49. The third-order valence-corrected chi connectivity index (χ3v) is 3.25. The highest BCUT2D eigenvalue weighted by Crippen LogP contribution is 2.25. The van der Waals surface area contributed by atoms with Gasteiger partial charge in [-0.05, 0) is 23.8 Å². The lowest BCUT2D eigenvalue weighted by Crippen LogP contribution is -2.03. The monoisotopic (exact) mass is 355 g/mol. The van der Waals surface area contributed by atoms with Crippen molar-refractivity contribution >= 4 is 28.1 Å². The molecule has 0 atom stereocenters. The minimum atomic E-state index is -1.70. The molecule has 0 aliphatic carbocycles. The van der Waals surface area contributed by atoms with Crippen LogP contribution in [-0.4, -0.2) is 0 Å². The predicted molar refractivity (Wildman–Crippen MR) is 74.1 cm³/mol. The van der Waals surface area contributed by atoms with E-state index in [4.69, 9.17) is 5.26 Å². The summed E-state index contributed by atoms with van der Waals surface area (Å²) in [6, 6.07) is 7.79. The van der Waals surface area contributed by atoms with Gasteiger partial charge in [0.15, 0.2) is 23.3 Å². The van der Waals surface area contributed by atoms with Crippen molar-refractivity contribution in [3.63, 3.8) is 0 Å². The average molecular weight is 356 g/mol. The van der Waals surface area contributed by atoms with E-state index in [1.165, 1.54) is 6.08 Å². The lowest BCUT2D eigenvalue weighted by atomic mass is 10.1. The van der Waals surface area contributed by atoms with Crippen molar-refractivity contribution in [3.8, 4) is 6.07 Å². The van der Waals surface area contributed by atoms with E-state index in [0.29, 0.717) is 5.56 Å². The van der Waals surface area contributed by atoms with Gasteiger partial charge in [-0.3, -0.25) is 0 Å². The maximum atomic E-state index is 13.7. The van der Waals surface area contributed by atoms with Crippen molar-refractivity contribution in [1.29, 1.82) is 5.26 Å². The zero-order valence-corrected chi connectivity index (χ0v) is 11.9. The summed E-state index contributed by atoms with van der Waals surface area (Å²) in [7, 11) is 0. The Morgan fingerprint density at radius 3 is 1.86 bits per heavy atom. The number of nitriles is 1. The Labute approximate surface area is 126 Å². The highest BCUT2D eigenvalue weighted by atomic mass is 79.9. The Balaban J connectivity index is 2.50. The van der Waals surface area contributed by atoms with Gasteiger partial charge in [-0.2, -0.15) is 5.26 Å². The molecule has 2 aromatic carbocycles. The van der Waals surface area contributed by atoms with E-state index in [0.717, 1.165) is 16.6 Å². The molecule has 2 rings (SSSR count). The van der Waals surface area contributed by atoms with Gasteiger partial charge < -0.3 is 0 Å². The lowest BCUT2D eigenvalue weighted by molar-refractivity contribution is 0.447. The molecule has 0 aliphatic rings.